The quantitative estimate of drug-likeness (QED) is 0.178. The molecule has 0 saturated carbocycles. The lowest BCUT2D eigenvalue weighted by molar-refractivity contribution is -0.114. The predicted molar refractivity (Wildman–Crippen MR) is 199 cm³/mol. The van der Waals surface area contributed by atoms with Crippen LogP contribution >= 0.6 is 0 Å². The molecule has 0 aromatic heterocycles. The monoisotopic (exact) mass is 614 g/mol. The van der Waals surface area contributed by atoms with Crippen molar-refractivity contribution in [3.8, 4) is 22.3 Å². The van der Waals surface area contributed by atoms with E-state index in [-0.39, 0.29) is 16.6 Å². The van der Waals surface area contributed by atoms with Crippen LogP contribution in [0.2, 0.25) is 0 Å². The van der Waals surface area contributed by atoms with Gasteiger partial charge < -0.3 is 4.90 Å². The lowest BCUT2D eigenvalue weighted by Gasteiger charge is -2.31. The first-order chi connectivity index (χ1) is 22.5. The number of Topliss-reactive ketones (excluding diaryl/α,β-unsaturated/α-hetero) is 1. The molecule has 5 aromatic carbocycles. The average Bonchev–Trinajstić information content (AvgIpc) is 3.07. The molecule has 0 spiro atoms. The molecule has 0 bridgehead atoms. The minimum Gasteiger partial charge on any atom is -0.311 e. The molecule has 47 heavy (non-hydrogen) atoms. The molecule has 3 heteroatoms. The first-order valence-corrected chi connectivity index (χ1v) is 16.3. The van der Waals surface area contributed by atoms with Gasteiger partial charge in [-0.15, -0.1) is 0 Å². The Bertz CT molecular complexity index is 1830. The fraction of sp³-hybridized carbons (Fsp3) is 0.182. The van der Waals surface area contributed by atoms with Gasteiger partial charge in [0.1, 0.15) is 0 Å². The van der Waals surface area contributed by atoms with Crippen molar-refractivity contribution in [1.82, 2.24) is 0 Å². The Morgan fingerprint density at radius 2 is 0.787 bits per heavy atom. The summed E-state index contributed by atoms with van der Waals surface area (Å²) in [6.45, 7) is 12.5. The normalized spacial score (nSPS) is 13.6. The van der Waals surface area contributed by atoms with Crippen molar-refractivity contribution >= 4 is 34.2 Å². The van der Waals surface area contributed by atoms with Crippen LogP contribution in [0, 0.1) is 10.8 Å². The van der Waals surface area contributed by atoms with Crippen LogP contribution in [-0.2, 0) is 4.79 Å². The van der Waals surface area contributed by atoms with Gasteiger partial charge in [-0.05, 0) is 93.8 Å². The highest BCUT2D eigenvalue weighted by atomic mass is 16.1. The zero-order chi connectivity index (χ0) is 33.2. The predicted octanol–water partition coefficient (Wildman–Crippen LogP) is 12.1. The zero-order valence-electron chi connectivity index (χ0n) is 28.2. The Morgan fingerprint density at radius 1 is 0.447 bits per heavy atom. The van der Waals surface area contributed by atoms with E-state index in [9.17, 15) is 4.79 Å². The van der Waals surface area contributed by atoms with Gasteiger partial charge in [-0.2, -0.15) is 0 Å². The largest absolute Gasteiger partial charge is 0.311 e. The maximum atomic E-state index is 13.4. The molecular formula is C44H42N2O. The van der Waals surface area contributed by atoms with Crippen LogP contribution in [0.4, 0.5) is 22.7 Å². The Hall–Kier alpha value is -5.28. The first-order valence-electron chi connectivity index (χ1n) is 16.3. The van der Waals surface area contributed by atoms with Crippen molar-refractivity contribution in [1.29, 1.82) is 0 Å². The number of benzene rings is 5. The minimum atomic E-state index is -0.279. The summed E-state index contributed by atoms with van der Waals surface area (Å²) in [5.41, 5.74) is 10.6. The summed E-state index contributed by atoms with van der Waals surface area (Å²) in [5, 5.41) is 0. The van der Waals surface area contributed by atoms with Gasteiger partial charge in [0.15, 0.2) is 5.78 Å². The van der Waals surface area contributed by atoms with Gasteiger partial charge in [0, 0.05) is 28.2 Å². The molecular weight excluding hydrogens is 572 g/mol. The second-order valence-electron chi connectivity index (χ2n) is 14.2. The van der Waals surface area contributed by atoms with Crippen LogP contribution in [-0.4, -0.2) is 11.5 Å². The summed E-state index contributed by atoms with van der Waals surface area (Å²) < 4.78 is 0. The molecule has 0 fully saturated rings. The second kappa shape index (κ2) is 12.8. The Kier molecular flexibility index (Phi) is 8.66. The van der Waals surface area contributed by atoms with Gasteiger partial charge in [0.05, 0.1) is 11.4 Å². The number of hydrogen-bond donors (Lipinski definition) is 0. The third-order valence-corrected chi connectivity index (χ3v) is 8.52. The Morgan fingerprint density at radius 3 is 1.15 bits per heavy atom. The third kappa shape index (κ3) is 7.10. The molecule has 0 N–H and O–H groups in total. The fourth-order valence-corrected chi connectivity index (χ4v) is 5.93. The number of ketones is 1. The summed E-state index contributed by atoms with van der Waals surface area (Å²) in [5.74, 6) is 0.117. The van der Waals surface area contributed by atoms with Gasteiger partial charge in [0.25, 0.3) is 0 Å². The summed E-state index contributed by atoms with van der Waals surface area (Å²) >= 11 is 0. The molecule has 6 rings (SSSR count). The van der Waals surface area contributed by atoms with Gasteiger partial charge in [-0.3, -0.25) is 4.79 Å². The topological polar surface area (TPSA) is 32.7 Å². The highest BCUT2D eigenvalue weighted by molar-refractivity contribution is 6.23. The molecule has 1 aliphatic rings. The highest BCUT2D eigenvalue weighted by Gasteiger charge is 2.34. The van der Waals surface area contributed by atoms with Crippen LogP contribution in [0.25, 0.3) is 22.3 Å². The molecule has 0 unspecified atom stereocenters. The number of nitrogens with zero attached hydrogens (tertiary/aromatic N) is 2. The van der Waals surface area contributed by atoms with Crippen molar-refractivity contribution in [3.63, 3.8) is 0 Å². The van der Waals surface area contributed by atoms with Crippen LogP contribution in [0.3, 0.4) is 0 Å². The van der Waals surface area contributed by atoms with E-state index >= 15 is 0 Å². The van der Waals surface area contributed by atoms with Crippen LogP contribution in [0.1, 0.15) is 41.5 Å². The van der Waals surface area contributed by atoms with Crippen LogP contribution in [0.15, 0.2) is 162 Å². The molecule has 0 atom stereocenters. The summed E-state index contributed by atoms with van der Waals surface area (Å²) in [7, 11) is 0. The SMILES string of the molecule is CC(C)(C)C1=CC(=Nc2ccc(N(c3ccc(-c4ccccc4)cc3)c3ccc(-c4ccccc4)cc3)cc2)C=C(C(C)(C)C)C1=O. The van der Waals surface area contributed by atoms with E-state index in [1.165, 1.54) is 22.3 Å². The van der Waals surface area contributed by atoms with Crippen LogP contribution in [0.5, 0.6) is 0 Å². The highest BCUT2D eigenvalue weighted by Crippen LogP contribution is 2.39. The molecule has 234 valence electrons. The van der Waals surface area contributed by atoms with Crippen molar-refractivity contribution < 1.29 is 4.79 Å². The number of carbonyl (C=O) groups is 1. The van der Waals surface area contributed by atoms with E-state index in [2.05, 4.69) is 168 Å². The molecule has 0 heterocycles. The molecule has 1 aliphatic carbocycles. The van der Waals surface area contributed by atoms with E-state index < -0.39 is 0 Å². The summed E-state index contributed by atoms with van der Waals surface area (Å²) in [4.78, 5) is 20.7. The van der Waals surface area contributed by atoms with Gasteiger partial charge in [-0.25, -0.2) is 4.99 Å². The number of rotatable bonds is 6. The first kappa shape index (κ1) is 31.7. The van der Waals surface area contributed by atoms with E-state index in [1.54, 1.807) is 0 Å². The summed E-state index contributed by atoms with van der Waals surface area (Å²) in [6.07, 6.45) is 3.92. The maximum absolute atomic E-state index is 13.4. The minimum absolute atomic E-state index is 0.117. The molecule has 0 aliphatic heterocycles. The Labute approximate surface area is 279 Å². The van der Waals surface area contributed by atoms with Crippen molar-refractivity contribution in [2.24, 2.45) is 15.8 Å². The fourth-order valence-electron chi connectivity index (χ4n) is 5.93. The number of hydrogen-bond acceptors (Lipinski definition) is 3. The van der Waals surface area contributed by atoms with Gasteiger partial charge in [-0.1, -0.05) is 126 Å². The average molecular weight is 615 g/mol. The van der Waals surface area contributed by atoms with Crippen molar-refractivity contribution in [3.05, 3.63) is 157 Å². The molecule has 0 radical (unpaired) electrons. The molecule has 0 amide bonds. The van der Waals surface area contributed by atoms with E-state index in [0.29, 0.717) is 0 Å². The van der Waals surface area contributed by atoms with E-state index in [1.807, 2.05) is 24.3 Å². The van der Waals surface area contributed by atoms with Crippen molar-refractivity contribution in [2.75, 3.05) is 4.90 Å². The van der Waals surface area contributed by atoms with Crippen molar-refractivity contribution in [2.45, 2.75) is 41.5 Å². The zero-order valence-corrected chi connectivity index (χ0v) is 28.2. The van der Waals surface area contributed by atoms with E-state index in [4.69, 9.17) is 4.99 Å². The third-order valence-electron chi connectivity index (χ3n) is 8.52. The standard InChI is InChI=1S/C44H42N2O/c1-43(2,3)40-29-36(30-41(42(40)47)44(4,5)6)45-35-21-27-39(28-22-35)46(37-23-17-33(18-24-37)31-13-9-7-10-14-31)38-25-19-34(20-26-38)32-15-11-8-12-16-32/h7-30H,1-6H3. The van der Waals surface area contributed by atoms with Gasteiger partial charge in [0.2, 0.25) is 0 Å². The molecule has 5 aromatic rings. The van der Waals surface area contributed by atoms with Crippen LogP contribution < -0.4 is 4.90 Å². The number of allylic oxidation sites excluding steroid dienone is 4. The number of carbonyl (C=O) groups excluding carboxylic acids is 1. The lowest BCUT2D eigenvalue weighted by Crippen LogP contribution is -2.29. The molecule has 0 saturated heterocycles. The second-order valence-corrected chi connectivity index (χ2v) is 14.2. The number of anilines is 3. The van der Waals surface area contributed by atoms with Gasteiger partial charge >= 0.3 is 0 Å². The number of aliphatic imine (C=N–C) groups is 1. The van der Waals surface area contributed by atoms with E-state index in [0.717, 1.165) is 39.6 Å². The molecule has 3 nitrogen and oxygen atoms in total. The smallest absolute Gasteiger partial charge is 0.186 e. The maximum Gasteiger partial charge on any atom is 0.186 e. The Balaban J connectivity index is 1.38. The summed E-state index contributed by atoms with van der Waals surface area (Å²) in [6, 6.07) is 46.7. The lowest BCUT2D eigenvalue weighted by atomic mass is 9.72.